The molecule has 0 saturated heterocycles. The molecule has 1 amide bonds. The van der Waals surface area contributed by atoms with Crippen LogP contribution in [0.25, 0.3) is 0 Å². The van der Waals surface area contributed by atoms with E-state index in [1.165, 1.54) is 0 Å². The first-order chi connectivity index (χ1) is 9.39. The number of hydrogen-bond donors (Lipinski definition) is 2. The summed E-state index contributed by atoms with van der Waals surface area (Å²) in [7, 11) is 0. The fourth-order valence-electron chi connectivity index (χ4n) is 2.42. The minimum absolute atomic E-state index is 0.00239. The van der Waals surface area contributed by atoms with Gasteiger partial charge in [0, 0.05) is 5.69 Å². The lowest BCUT2D eigenvalue weighted by molar-refractivity contribution is -0.119. The normalized spacial score (nSPS) is 17.7. The number of carbonyl (C=O) groups is 1. The maximum absolute atomic E-state index is 11.9. The monoisotopic (exact) mass is 351 g/mol. The Bertz CT molecular complexity index is 693. The van der Waals surface area contributed by atoms with E-state index < -0.39 is 11.5 Å². The maximum Gasteiger partial charge on any atom is 0.234 e. The van der Waals surface area contributed by atoms with Crippen LogP contribution in [0.15, 0.2) is 33.4 Å². The highest BCUT2D eigenvalue weighted by atomic mass is 79.9. The molecule has 0 radical (unpaired) electrons. The summed E-state index contributed by atoms with van der Waals surface area (Å²) < 4.78 is 0.991. The van der Waals surface area contributed by atoms with E-state index in [0.29, 0.717) is 0 Å². The van der Waals surface area contributed by atoms with Crippen LogP contribution in [0.4, 0.5) is 5.69 Å². The summed E-state index contributed by atoms with van der Waals surface area (Å²) in [6.07, 6.45) is -0.672. The molecule has 5 heteroatoms. The van der Waals surface area contributed by atoms with Gasteiger partial charge in [0.25, 0.3) is 0 Å². The molecule has 0 saturated carbocycles. The fourth-order valence-corrected chi connectivity index (χ4v) is 3.61. The average Bonchev–Trinajstić information content (AvgIpc) is 2.92. The van der Waals surface area contributed by atoms with Gasteiger partial charge in [0.2, 0.25) is 5.91 Å². The first-order valence-electron chi connectivity index (χ1n) is 6.27. The molecule has 1 aliphatic rings. The summed E-state index contributed by atoms with van der Waals surface area (Å²) in [4.78, 5) is 11.9. The number of amides is 1. The van der Waals surface area contributed by atoms with Gasteiger partial charge >= 0.3 is 0 Å². The zero-order valence-corrected chi connectivity index (χ0v) is 13.5. The van der Waals surface area contributed by atoms with Gasteiger partial charge in [-0.3, -0.25) is 4.79 Å². The zero-order chi connectivity index (χ0) is 14.5. The number of thiophene rings is 1. The van der Waals surface area contributed by atoms with E-state index in [2.05, 4.69) is 21.2 Å². The highest BCUT2D eigenvalue weighted by molar-refractivity contribution is 9.11. The first kappa shape index (κ1) is 13.8. The quantitative estimate of drug-likeness (QED) is 0.863. The van der Waals surface area contributed by atoms with Crippen LogP contribution >= 0.6 is 27.3 Å². The molecule has 104 valence electrons. The van der Waals surface area contributed by atoms with Gasteiger partial charge in [-0.25, -0.2) is 0 Å². The summed E-state index contributed by atoms with van der Waals surface area (Å²) >= 11 is 4.94. The van der Waals surface area contributed by atoms with E-state index in [-0.39, 0.29) is 5.91 Å². The number of halogens is 1. The van der Waals surface area contributed by atoms with Crippen molar-refractivity contribution in [3.8, 4) is 0 Å². The first-order valence-corrected chi connectivity index (χ1v) is 7.95. The summed E-state index contributed by atoms with van der Waals surface area (Å²) in [5.41, 5.74) is 2.88. The van der Waals surface area contributed by atoms with Crippen molar-refractivity contribution in [2.24, 2.45) is 0 Å². The number of fused-ring (bicyclic) bond motifs is 1. The Hall–Kier alpha value is -1.17. The standard InChI is InChI=1S/C15H14BrNO2S/c1-15(2)10-5-8(3-4-11(10)17-14(15)19)13(18)9-6-12(16)20-7-9/h3-7,13,18H,1-2H3,(H,17,19). The Kier molecular flexibility index (Phi) is 3.23. The van der Waals surface area contributed by atoms with E-state index >= 15 is 0 Å². The second-order valence-electron chi connectivity index (χ2n) is 5.47. The largest absolute Gasteiger partial charge is 0.384 e. The molecular formula is C15H14BrNO2S. The number of anilines is 1. The molecule has 0 spiro atoms. The van der Waals surface area contributed by atoms with Crippen molar-refractivity contribution >= 4 is 38.9 Å². The molecule has 2 aromatic rings. The molecular weight excluding hydrogens is 338 g/mol. The van der Waals surface area contributed by atoms with Gasteiger partial charge in [0.15, 0.2) is 0 Å². The molecule has 0 fully saturated rings. The predicted molar refractivity (Wildman–Crippen MR) is 84.2 cm³/mol. The highest BCUT2D eigenvalue weighted by Crippen LogP contribution is 2.39. The lowest BCUT2D eigenvalue weighted by Crippen LogP contribution is -2.26. The minimum atomic E-state index is -0.672. The van der Waals surface area contributed by atoms with Crippen LogP contribution in [0, 0.1) is 0 Å². The van der Waals surface area contributed by atoms with E-state index in [1.54, 1.807) is 11.3 Å². The summed E-state index contributed by atoms with van der Waals surface area (Å²) in [5, 5.41) is 15.3. The molecule has 20 heavy (non-hydrogen) atoms. The number of nitrogens with one attached hydrogen (secondary N) is 1. The van der Waals surface area contributed by atoms with E-state index in [0.717, 1.165) is 26.2 Å². The average molecular weight is 352 g/mol. The summed E-state index contributed by atoms with van der Waals surface area (Å²) in [6, 6.07) is 7.55. The van der Waals surface area contributed by atoms with E-state index in [1.807, 2.05) is 43.5 Å². The van der Waals surface area contributed by atoms with Crippen LogP contribution in [0.2, 0.25) is 0 Å². The van der Waals surface area contributed by atoms with Crippen molar-refractivity contribution < 1.29 is 9.90 Å². The van der Waals surface area contributed by atoms with Gasteiger partial charge in [0.1, 0.15) is 6.10 Å². The van der Waals surface area contributed by atoms with Gasteiger partial charge in [0.05, 0.1) is 9.20 Å². The van der Waals surface area contributed by atoms with Crippen LogP contribution in [-0.2, 0) is 10.2 Å². The van der Waals surface area contributed by atoms with Crippen LogP contribution < -0.4 is 5.32 Å². The molecule has 1 unspecified atom stereocenters. The van der Waals surface area contributed by atoms with Gasteiger partial charge in [-0.2, -0.15) is 0 Å². The Morgan fingerprint density at radius 3 is 2.70 bits per heavy atom. The molecule has 1 aromatic carbocycles. The highest BCUT2D eigenvalue weighted by Gasteiger charge is 2.38. The van der Waals surface area contributed by atoms with Crippen molar-refractivity contribution in [1.29, 1.82) is 0 Å². The zero-order valence-electron chi connectivity index (χ0n) is 11.1. The Labute approximate surface area is 129 Å². The van der Waals surface area contributed by atoms with Crippen LogP contribution in [0.3, 0.4) is 0 Å². The van der Waals surface area contributed by atoms with Crippen molar-refractivity contribution in [3.05, 3.63) is 50.1 Å². The third kappa shape index (κ3) is 2.10. The third-order valence-corrected chi connectivity index (χ3v) is 5.27. The van der Waals surface area contributed by atoms with Crippen molar-refractivity contribution in [1.82, 2.24) is 0 Å². The number of rotatable bonds is 2. The predicted octanol–water partition coefficient (Wildman–Crippen LogP) is 3.82. The molecule has 1 aliphatic heterocycles. The molecule has 2 N–H and O–H groups in total. The topological polar surface area (TPSA) is 49.3 Å². The number of benzene rings is 1. The van der Waals surface area contributed by atoms with Gasteiger partial charge in [-0.1, -0.05) is 6.07 Å². The second-order valence-corrected chi connectivity index (χ2v) is 7.76. The molecule has 3 nitrogen and oxygen atoms in total. The number of hydrogen-bond acceptors (Lipinski definition) is 3. The third-order valence-electron chi connectivity index (χ3n) is 3.75. The number of carbonyl (C=O) groups excluding carboxylic acids is 1. The number of aliphatic hydroxyl groups excluding tert-OH is 1. The SMILES string of the molecule is CC1(C)C(=O)Nc2ccc(C(O)c3csc(Br)c3)cc21. The molecule has 0 aliphatic carbocycles. The van der Waals surface area contributed by atoms with E-state index in [9.17, 15) is 9.90 Å². The van der Waals surface area contributed by atoms with Crippen molar-refractivity contribution in [2.75, 3.05) is 5.32 Å². The van der Waals surface area contributed by atoms with Crippen LogP contribution in [-0.4, -0.2) is 11.0 Å². The lowest BCUT2D eigenvalue weighted by Gasteiger charge is -2.17. The lowest BCUT2D eigenvalue weighted by atomic mass is 9.84. The van der Waals surface area contributed by atoms with Crippen LogP contribution in [0.5, 0.6) is 0 Å². The molecule has 0 bridgehead atoms. The molecule has 1 aromatic heterocycles. The number of aliphatic hydroxyl groups is 1. The van der Waals surface area contributed by atoms with Gasteiger partial charge < -0.3 is 10.4 Å². The van der Waals surface area contributed by atoms with Crippen LogP contribution in [0.1, 0.15) is 36.6 Å². The molecule has 2 heterocycles. The van der Waals surface area contributed by atoms with Gasteiger partial charge in [-0.05, 0) is 70.0 Å². The smallest absolute Gasteiger partial charge is 0.234 e. The summed E-state index contributed by atoms with van der Waals surface area (Å²) in [5.74, 6) is -0.00239. The maximum atomic E-state index is 11.9. The fraction of sp³-hybridized carbons (Fsp3) is 0.267. The van der Waals surface area contributed by atoms with E-state index in [4.69, 9.17) is 0 Å². The molecule has 3 rings (SSSR count). The molecule has 1 atom stereocenters. The Morgan fingerprint density at radius 2 is 2.05 bits per heavy atom. The van der Waals surface area contributed by atoms with Gasteiger partial charge in [-0.15, -0.1) is 11.3 Å². The minimum Gasteiger partial charge on any atom is -0.384 e. The van der Waals surface area contributed by atoms with Crippen molar-refractivity contribution in [2.45, 2.75) is 25.4 Å². The Morgan fingerprint density at radius 1 is 1.30 bits per heavy atom. The van der Waals surface area contributed by atoms with Crippen molar-refractivity contribution in [3.63, 3.8) is 0 Å². The Balaban J connectivity index is 2.02. The summed E-state index contributed by atoms with van der Waals surface area (Å²) in [6.45, 7) is 3.79. The second kappa shape index (κ2) is 4.69.